The molecule has 2 rings (SSSR count). The maximum atomic E-state index is 13.0. The molecule has 22 heavy (non-hydrogen) atoms. The molecule has 1 heterocycles. The molecule has 0 fully saturated rings. The van der Waals surface area contributed by atoms with Crippen molar-refractivity contribution in [2.24, 2.45) is 5.10 Å². The Bertz CT molecular complexity index is 695. The zero-order valence-electron chi connectivity index (χ0n) is 12.2. The minimum Gasteiger partial charge on any atom is -0.496 e. The molecule has 0 saturated carbocycles. The van der Waals surface area contributed by atoms with Crippen LogP contribution in [0.15, 0.2) is 22.6 Å². The van der Waals surface area contributed by atoms with Gasteiger partial charge in [0.05, 0.1) is 24.6 Å². The van der Waals surface area contributed by atoms with Crippen molar-refractivity contribution in [2.75, 3.05) is 12.5 Å². The molecule has 0 aliphatic heterocycles. The van der Waals surface area contributed by atoms with Crippen LogP contribution in [0.5, 0.6) is 5.75 Å². The molecule has 0 amide bonds. The van der Waals surface area contributed by atoms with E-state index in [4.69, 9.17) is 4.74 Å². The summed E-state index contributed by atoms with van der Waals surface area (Å²) in [6, 6.07) is 2.58. The fourth-order valence-electron chi connectivity index (χ4n) is 1.93. The summed E-state index contributed by atoms with van der Waals surface area (Å²) in [4.78, 5) is 4.14. The summed E-state index contributed by atoms with van der Waals surface area (Å²) in [5.74, 6) is -0.173. The summed E-state index contributed by atoms with van der Waals surface area (Å²) in [5.41, 5.74) is 3.43. The van der Waals surface area contributed by atoms with Gasteiger partial charge in [-0.25, -0.2) is 4.98 Å². The number of benzene rings is 1. The molecule has 0 radical (unpaired) electrons. The van der Waals surface area contributed by atoms with Crippen LogP contribution < -0.4 is 10.2 Å². The fourth-order valence-corrected chi connectivity index (χ4v) is 2.56. The van der Waals surface area contributed by atoms with Gasteiger partial charge in [0.15, 0.2) is 0 Å². The number of nitrogens with one attached hydrogen (secondary N) is 1. The van der Waals surface area contributed by atoms with Gasteiger partial charge in [0.25, 0.3) is 0 Å². The van der Waals surface area contributed by atoms with E-state index in [1.54, 1.807) is 13.0 Å². The van der Waals surface area contributed by atoms with E-state index >= 15 is 0 Å². The highest BCUT2D eigenvalue weighted by atomic mass is 32.1. The van der Waals surface area contributed by atoms with Crippen LogP contribution in [-0.4, -0.2) is 18.3 Å². The Morgan fingerprint density at radius 3 is 2.59 bits per heavy atom. The molecule has 8 heteroatoms. The summed E-state index contributed by atoms with van der Waals surface area (Å²) in [6.45, 7) is 3.40. The predicted octanol–water partition coefficient (Wildman–Crippen LogP) is 4.23. The molecular weight excluding hydrogens is 315 g/mol. The molecule has 1 aromatic heterocycles. The summed E-state index contributed by atoms with van der Waals surface area (Å²) in [7, 11) is 1.22. The molecule has 0 saturated heterocycles. The summed E-state index contributed by atoms with van der Waals surface area (Å²) in [6.07, 6.45) is -3.17. The highest BCUT2D eigenvalue weighted by Gasteiger charge is 2.35. The molecule has 0 bridgehead atoms. The van der Waals surface area contributed by atoms with Crippen LogP contribution in [0.25, 0.3) is 0 Å². The molecule has 0 unspecified atom stereocenters. The zero-order chi connectivity index (χ0) is 16.3. The zero-order valence-corrected chi connectivity index (χ0v) is 13.0. The third-order valence-corrected chi connectivity index (χ3v) is 3.66. The molecule has 1 aromatic carbocycles. The third-order valence-electron chi connectivity index (χ3n) is 2.80. The molecular formula is C14H14F3N3OS. The van der Waals surface area contributed by atoms with E-state index in [9.17, 15) is 13.2 Å². The van der Waals surface area contributed by atoms with Gasteiger partial charge in [-0.1, -0.05) is 0 Å². The van der Waals surface area contributed by atoms with Crippen molar-refractivity contribution < 1.29 is 17.9 Å². The number of aromatic nitrogens is 1. The highest BCUT2D eigenvalue weighted by Crippen LogP contribution is 2.38. The van der Waals surface area contributed by atoms with Crippen LogP contribution in [-0.2, 0) is 6.18 Å². The summed E-state index contributed by atoms with van der Waals surface area (Å²) >= 11 is 1.37. The van der Waals surface area contributed by atoms with Gasteiger partial charge in [-0.15, -0.1) is 11.3 Å². The number of hydrogen-bond acceptors (Lipinski definition) is 5. The van der Waals surface area contributed by atoms with Gasteiger partial charge in [0.1, 0.15) is 5.75 Å². The van der Waals surface area contributed by atoms with E-state index in [2.05, 4.69) is 15.5 Å². The quantitative estimate of drug-likeness (QED) is 0.674. The third kappa shape index (κ3) is 3.76. The van der Waals surface area contributed by atoms with E-state index in [-0.39, 0.29) is 5.75 Å². The lowest BCUT2D eigenvalue weighted by Gasteiger charge is -2.15. The lowest BCUT2D eigenvalue weighted by Crippen LogP contribution is -2.09. The van der Waals surface area contributed by atoms with Gasteiger partial charge in [0.2, 0.25) is 5.13 Å². The number of hydrazone groups is 1. The number of anilines is 1. The van der Waals surface area contributed by atoms with Crippen LogP contribution in [0.1, 0.15) is 22.4 Å². The van der Waals surface area contributed by atoms with Crippen LogP contribution in [0, 0.1) is 13.8 Å². The molecule has 118 valence electrons. The first-order valence-corrected chi connectivity index (χ1v) is 7.16. The minimum atomic E-state index is -4.49. The van der Waals surface area contributed by atoms with Crippen molar-refractivity contribution in [3.8, 4) is 5.75 Å². The van der Waals surface area contributed by atoms with Gasteiger partial charge in [-0.2, -0.15) is 18.3 Å². The van der Waals surface area contributed by atoms with Gasteiger partial charge < -0.3 is 4.74 Å². The minimum absolute atomic E-state index is 0.173. The number of methoxy groups -OCH3 is 1. The molecule has 0 spiro atoms. The van der Waals surface area contributed by atoms with E-state index < -0.39 is 11.7 Å². The molecule has 0 aliphatic carbocycles. The van der Waals surface area contributed by atoms with Crippen molar-refractivity contribution in [2.45, 2.75) is 20.0 Å². The molecule has 0 aliphatic rings. The monoisotopic (exact) mass is 329 g/mol. The predicted molar refractivity (Wildman–Crippen MR) is 80.8 cm³/mol. The van der Waals surface area contributed by atoms with Gasteiger partial charge >= 0.3 is 6.18 Å². The lowest BCUT2D eigenvalue weighted by atomic mass is 10.0. The first-order valence-electron chi connectivity index (χ1n) is 6.28. The van der Waals surface area contributed by atoms with Crippen molar-refractivity contribution in [3.63, 3.8) is 0 Å². The normalized spacial score (nSPS) is 11.9. The van der Waals surface area contributed by atoms with Crippen LogP contribution in [0.2, 0.25) is 0 Å². The second kappa shape index (κ2) is 6.35. The number of halogens is 3. The Morgan fingerprint density at radius 2 is 2.05 bits per heavy atom. The van der Waals surface area contributed by atoms with Crippen molar-refractivity contribution in [1.82, 2.24) is 4.98 Å². The van der Waals surface area contributed by atoms with E-state index in [0.29, 0.717) is 16.3 Å². The molecule has 4 nitrogen and oxygen atoms in total. The first-order chi connectivity index (χ1) is 10.3. The van der Waals surface area contributed by atoms with Crippen molar-refractivity contribution in [1.29, 1.82) is 0 Å². The molecule has 2 aromatic rings. The van der Waals surface area contributed by atoms with Crippen LogP contribution in [0.4, 0.5) is 18.3 Å². The number of aryl methyl sites for hydroxylation is 2. The SMILES string of the molecule is COc1c(C)cc(C=NNc2nc(C)cs2)cc1C(F)(F)F. The Hall–Kier alpha value is -2.09. The van der Waals surface area contributed by atoms with Gasteiger partial charge in [-0.3, -0.25) is 5.43 Å². The first kappa shape index (κ1) is 16.3. The number of rotatable bonds is 4. The Morgan fingerprint density at radius 1 is 1.32 bits per heavy atom. The summed E-state index contributed by atoms with van der Waals surface area (Å²) < 4.78 is 44.0. The van der Waals surface area contributed by atoms with E-state index in [0.717, 1.165) is 11.8 Å². The number of thiazole rings is 1. The van der Waals surface area contributed by atoms with E-state index in [1.807, 2.05) is 12.3 Å². The van der Waals surface area contributed by atoms with Gasteiger partial charge in [0, 0.05) is 5.38 Å². The fraction of sp³-hybridized carbons (Fsp3) is 0.286. The Balaban J connectivity index is 2.26. The largest absolute Gasteiger partial charge is 0.496 e. The number of hydrogen-bond donors (Lipinski definition) is 1. The summed E-state index contributed by atoms with van der Waals surface area (Å²) in [5, 5.41) is 6.33. The lowest BCUT2D eigenvalue weighted by molar-refractivity contribution is -0.138. The standard InChI is InChI=1S/C14H14F3N3OS/c1-8-4-10(5-11(12(8)21-3)14(15,16)17)6-18-20-13-19-9(2)7-22-13/h4-7H,1-3H3,(H,19,20). The average Bonchev–Trinajstić information content (AvgIpc) is 2.83. The number of nitrogens with zero attached hydrogens (tertiary/aromatic N) is 2. The average molecular weight is 329 g/mol. The smallest absolute Gasteiger partial charge is 0.419 e. The van der Waals surface area contributed by atoms with Crippen LogP contribution >= 0.6 is 11.3 Å². The molecule has 1 N–H and O–H groups in total. The van der Waals surface area contributed by atoms with Gasteiger partial charge in [-0.05, 0) is 37.1 Å². The van der Waals surface area contributed by atoms with E-state index in [1.165, 1.54) is 24.7 Å². The Labute approximate surface area is 129 Å². The maximum absolute atomic E-state index is 13.0. The van der Waals surface area contributed by atoms with Crippen molar-refractivity contribution in [3.05, 3.63) is 39.9 Å². The molecule has 0 atom stereocenters. The number of ether oxygens (including phenoxy) is 1. The topological polar surface area (TPSA) is 46.5 Å². The second-order valence-corrected chi connectivity index (χ2v) is 5.44. The van der Waals surface area contributed by atoms with Crippen LogP contribution in [0.3, 0.4) is 0 Å². The number of alkyl halides is 3. The second-order valence-electron chi connectivity index (χ2n) is 4.58. The Kier molecular flexibility index (Phi) is 4.70. The van der Waals surface area contributed by atoms with Crippen molar-refractivity contribution >= 4 is 22.7 Å². The maximum Gasteiger partial charge on any atom is 0.419 e. The highest BCUT2D eigenvalue weighted by molar-refractivity contribution is 7.13.